The molecule has 2 aliphatic rings. The molecule has 3 atom stereocenters. The van der Waals surface area contributed by atoms with Crippen molar-refractivity contribution in [3.05, 3.63) is 65.1 Å². The van der Waals surface area contributed by atoms with Gasteiger partial charge in [0.25, 0.3) is 5.91 Å². The second-order valence-corrected chi connectivity index (χ2v) is 9.64. The average molecular weight is 422 g/mol. The molecule has 1 N–H and O–H groups in total. The van der Waals surface area contributed by atoms with Gasteiger partial charge in [-0.2, -0.15) is 0 Å². The molecule has 0 aromatic heterocycles. The first-order valence-electron chi connectivity index (χ1n) is 10.8. The van der Waals surface area contributed by atoms with Gasteiger partial charge in [0.15, 0.2) is 5.50 Å². The highest BCUT2D eigenvalue weighted by Crippen LogP contribution is 2.42. The van der Waals surface area contributed by atoms with Crippen molar-refractivity contribution in [1.82, 2.24) is 4.90 Å². The number of benzene rings is 2. The van der Waals surface area contributed by atoms with Crippen molar-refractivity contribution < 1.29 is 4.79 Å². The Kier molecular flexibility index (Phi) is 6.38. The van der Waals surface area contributed by atoms with Crippen molar-refractivity contribution in [3.8, 4) is 0 Å². The summed E-state index contributed by atoms with van der Waals surface area (Å²) in [6, 6.07) is 18.9. The van der Waals surface area contributed by atoms with Crippen LogP contribution in [0.1, 0.15) is 38.2 Å². The number of carbonyl (C=O) groups is 1. The highest BCUT2D eigenvalue weighted by Gasteiger charge is 2.42. The Morgan fingerprint density at radius 1 is 1.03 bits per heavy atom. The maximum atomic E-state index is 13.5. The summed E-state index contributed by atoms with van der Waals surface area (Å²) in [6.45, 7) is 2.29. The molecule has 0 bridgehead atoms. The molecule has 30 heavy (non-hydrogen) atoms. The number of thioether (sulfide) groups is 1. The van der Waals surface area contributed by atoms with E-state index in [1.165, 1.54) is 19.3 Å². The van der Waals surface area contributed by atoms with Crippen LogP contribution in [0.2, 0.25) is 0 Å². The van der Waals surface area contributed by atoms with E-state index >= 15 is 0 Å². The Bertz CT molecular complexity index is 894. The predicted molar refractivity (Wildman–Crippen MR) is 128 cm³/mol. The standard InChI is InChI=1S/C25H31N3OS/c1-18-9-7-8-12-22(18)28-24(29)23(17-19-13-15-21(16-14-19)27(2)3)30-25(28)26-20-10-5-4-6-11-20/h4-6,10-11,13-18,22,25-26H,7-9,12H2,1-3H3/b23-17-/t18-,22+,25?/m0/s1. The third-order valence-electron chi connectivity index (χ3n) is 6.13. The predicted octanol–water partition coefficient (Wildman–Crippen LogP) is 5.64. The number of anilines is 2. The van der Waals surface area contributed by atoms with Crippen LogP contribution in [0.15, 0.2) is 59.5 Å². The minimum Gasteiger partial charge on any atom is -0.378 e. The molecule has 158 valence electrons. The van der Waals surface area contributed by atoms with Gasteiger partial charge in [0, 0.05) is 31.5 Å². The van der Waals surface area contributed by atoms with Gasteiger partial charge in [-0.1, -0.05) is 61.9 Å². The molecular formula is C25H31N3OS. The van der Waals surface area contributed by atoms with E-state index in [4.69, 9.17) is 0 Å². The topological polar surface area (TPSA) is 35.6 Å². The number of nitrogens with zero attached hydrogens (tertiary/aromatic N) is 2. The third kappa shape index (κ3) is 4.51. The van der Waals surface area contributed by atoms with Crippen molar-refractivity contribution >= 4 is 35.1 Å². The molecule has 4 nitrogen and oxygen atoms in total. The minimum atomic E-state index is -0.0715. The van der Waals surface area contributed by atoms with Crippen LogP contribution in [0.4, 0.5) is 11.4 Å². The van der Waals surface area contributed by atoms with Crippen molar-refractivity contribution in [2.24, 2.45) is 5.92 Å². The minimum absolute atomic E-state index is 0.0715. The van der Waals surface area contributed by atoms with Gasteiger partial charge < -0.3 is 15.1 Å². The van der Waals surface area contributed by atoms with Gasteiger partial charge in [-0.05, 0) is 54.7 Å². The van der Waals surface area contributed by atoms with E-state index in [0.717, 1.165) is 28.3 Å². The van der Waals surface area contributed by atoms with Gasteiger partial charge in [0.2, 0.25) is 0 Å². The zero-order chi connectivity index (χ0) is 21.1. The van der Waals surface area contributed by atoms with E-state index in [9.17, 15) is 4.79 Å². The second-order valence-electron chi connectivity index (χ2n) is 8.52. The average Bonchev–Trinajstić information content (AvgIpc) is 3.04. The fourth-order valence-electron chi connectivity index (χ4n) is 4.39. The molecule has 4 rings (SSSR count). The summed E-state index contributed by atoms with van der Waals surface area (Å²) in [5, 5.41) is 3.60. The fourth-order valence-corrected chi connectivity index (χ4v) is 5.60. The van der Waals surface area contributed by atoms with E-state index in [-0.39, 0.29) is 11.4 Å². The monoisotopic (exact) mass is 421 g/mol. The quantitative estimate of drug-likeness (QED) is 0.634. The van der Waals surface area contributed by atoms with E-state index in [2.05, 4.69) is 58.4 Å². The Labute approximate surface area is 184 Å². The van der Waals surface area contributed by atoms with Gasteiger partial charge >= 0.3 is 0 Å². The largest absolute Gasteiger partial charge is 0.378 e. The molecule has 1 saturated heterocycles. The van der Waals surface area contributed by atoms with Crippen LogP contribution in [0.3, 0.4) is 0 Å². The smallest absolute Gasteiger partial charge is 0.262 e. The van der Waals surface area contributed by atoms with Crippen molar-refractivity contribution in [3.63, 3.8) is 0 Å². The molecule has 5 heteroatoms. The van der Waals surface area contributed by atoms with Crippen molar-refractivity contribution in [1.29, 1.82) is 0 Å². The van der Waals surface area contributed by atoms with E-state index in [0.29, 0.717) is 12.0 Å². The lowest BCUT2D eigenvalue weighted by molar-refractivity contribution is -0.129. The number of hydrogen-bond acceptors (Lipinski definition) is 4. The zero-order valence-electron chi connectivity index (χ0n) is 18.0. The summed E-state index contributed by atoms with van der Waals surface area (Å²) in [5.41, 5.74) is 3.20. The highest BCUT2D eigenvalue weighted by molar-refractivity contribution is 8.05. The molecule has 0 spiro atoms. The lowest BCUT2D eigenvalue weighted by Crippen LogP contribution is -2.48. The van der Waals surface area contributed by atoms with Gasteiger partial charge in [-0.25, -0.2) is 0 Å². The van der Waals surface area contributed by atoms with Crippen LogP contribution in [0.25, 0.3) is 6.08 Å². The summed E-state index contributed by atoms with van der Waals surface area (Å²) in [4.78, 5) is 18.5. The van der Waals surface area contributed by atoms with Crippen LogP contribution in [-0.2, 0) is 4.79 Å². The molecule has 1 aliphatic heterocycles. The van der Waals surface area contributed by atoms with Gasteiger partial charge in [0.05, 0.1) is 4.91 Å². The van der Waals surface area contributed by atoms with E-state index in [1.807, 2.05) is 38.4 Å². The van der Waals surface area contributed by atoms with Gasteiger partial charge in [0.1, 0.15) is 0 Å². The number of carbonyl (C=O) groups excluding carboxylic acids is 1. The molecule has 1 heterocycles. The number of nitrogens with one attached hydrogen (secondary N) is 1. The van der Waals surface area contributed by atoms with Crippen LogP contribution in [-0.4, -0.2) is 36.4 Å². The first-order valence-corrected chi connectivity index (χ1v) is 11.7. The number of rotatable bonds is 5. The lowest BCUT2D eigenvalue weighted by atomic mass is 9.85. The maximum absolute atomic E-state index is 13.5. The third-order valence-corrected chi connectivity index (χ3v) is 7.25. The Morgan fingerprint density at radius 2 is 1.73 bits per heavy atom. The molecule has 1 unspecified atom stereocenters. The van der Waals surface area contributed by atoms with Gasteiger partial charge in [-0.3, -0.25) is 4.79 Å². The Balaban J connectivity index is 1.61. The first-order chi connectivity index (χ1) is 14.5. The Hall–Kier alpha value is -2.40. The molecule has 2 aromatic carbocycles. The van der Waals surface area contributed by atoms with Crippen LogP contribution < -0.4 is 10.2 Å². The van der Waals surface area contributed by atoms with E-state index < -0.39 is 0 Å². The fraction of sp³-hybridized carbons (Fsp3) is 0.400. The molecule has 1 saturated carbocycles. The number of hydrogen-bond donors (Lipinski definition) is 1. The zero-order valence-corrected chi connectivity index (χ0v) is 18.9. The summed E-state index contributed by atoms with van der Waals surface area (Å²) in [7, 11) is 4.07. The van der Waals surface area contributed by atoms with Gasteiger partial charge in [-0.15, -0.1) is 0 Å². The van der Waals surface area contributed by atoms with Crippen LogP contribution in [0.5, 0.6) is 0 Å². The molecule has 1 amide bonds. The maximum Gasteiger partial charge on any atom is 0.262 e. The number of amides is 1. The summed E-state index contributed by atoms with van der Waals surface area (Å²) in [5.74, 6) is 0.686. The Morgan fingerprint density at radius 3 is 2.40 bits per heavy atom. The van der Waals surface area contributed by atoms with Crippen molar-refractivity contribution in [2.75, 3.05) is 24.3 Å². The van der Waals surface area contributed by atoms with Crippen LogP contribution in [0, 0.1) is 5.92 Å². The molecule has 1 aliphatic carbocycles. The normalized spacial score (nSPS) is 25.6. The highest BCUT2D eigenvalue weighted by atomic mass is 32.2. The molecule has 2 aromatic rings. The van der Waals surface area contributed by atoms with Crippen molar-refractivity contribution in [2.45, 2.75) is 44.1 Å². The first kappa shape index (κ1) is 20.9. The SMILES string of the molecule is C[C@H]1CCCC[C@H]1N1C(=O)/C(=C/c2ccc(N(C)C)cc2)SC1Nc1ccccc1. The molecular weight excluding hydrogens is 390 g/mol. The summed E-state index contributed by atoms with van der Waals surface area (Å²) >= 11 is 1.64. The number of para-hydroxylation sites is 1. The molecule has 2 fully saturated rings. The van der Waals surface area contributed by atoms with E-state index in [1.54, 1.807) is 11.8 Å². The van der Waals surface area contributed by atoms with Crippen LogP contribution >= 0.6 is 11.8 Å². The molecule has 0 radical (unpaired) electrons. The summed E-state index contributed by atoms with van der Waals surface area (Å²) < 4.78 is 0. The second kappa shape index (κ2) is 9.17. The lowest BCUT2D eigenvalue weighted by Gasteiger charge is -2.39. The summed E-state index contributed by atoms with van der Waals surface area (Å²) in [6.07, 6.45) is 6.80.